The Hall–Kier alpha value is -0.610. The molecule has 2 fully saturated rings. The lowest BCUT2D eigenvalue weighted by molar-refractivity contribution is -0.139. The van der Waals surface area contributed by atoms with E-state index >= 15 is 0 Å². The van der Waals surface area contributed by atoms with Crippen LogP contribution >= 0.6 is 0 Å². The van der Waals surface area contributed by atoms with Crippen molar-refractivity contribution < 1.29 is 9.90 Å². The lowest BCUT2D eigenvalue weighted by atomic mass is 9.93. The van der Waals surface area contributed by atoms with Gasteiger partial charge in [0.2, 0.25) is 5.91 Å². The van der Waals surface area contributed by atoms with Gasteiger partial charge < -0.3 is 15.7 Å². The van der Waals surface area contributed by atoms with Crippen molar-refractivity contribution in [3.05, 3.63) is 0 Å². The van der Waals surface area contributed by atoms with Crippen LogP contribution in [-0.4, -0.2) is 41.7 Å². The van der Waals surface area contributed by atoms with Gasteiger partial charge in [-0.3, -0.25) is 4.79 Å². The highest BCUT2D eigenvalue weighted by Crippen LogP contribution is 2.32. The molecule has 0 spiro atoms. The molecule has 2 aliphatic rings. The van der Waals surface area contributed by atoms with Crippen molar-refractivity contribution in [1.82, 2.24) is 4.90 Å². The van der Waals surface area contributed by atoms with Gasteiger partial charge in [-0.25, -0.2) is 0 Å². The fourth-order valence-electron chi connectivity index (χ4n) is 3.03. The monoisotopic (exact) mass is 226 g/mol. The van der Waals surface area contributed by atoms with E-state index in [2.05, 4.69) is 0 Å². The number of likely N-dealkylation sites (tertiary alicyclic amines) is 1. The summed E-state index contributed by atoms with van der Waals surface area (Å²) in [7, 11) is 0. The molecule has 0 aromatic heterocycles. The summed E-state index contributed by atoms with van der Waals surface area (Å²) in [5.74, 6) is 0.716. The van der Waals surface area contributed by atoms with E-state index in [0.29, 0.717) is 19.0 Å². The molecule has 2 rings (SSSR count). The van der Waals surface area contributed by atoms with E-state index in [1.165, 1.54) is 0 Å². The Morgan fingerprint density at radius 3 is 2.81 bits per heavy atom. The van der Waals surface area contributed by atoms with E-state index in [1.54, 1.807) is 0 Å². The van der Waals surface area contributed by atoms with Crippen LogP contribution in [0.5, 0.6) is 0 Å². The number of aliphatic hydroxyl groups is 1. The average Bonchev–Trinajstić information content (AvgIpc) is 2.76. The molecule has 1 saturated heterocycles. The predicted molar refractivity (Wildman–Crippen MR) is 61.7 cm³/mol. The van der Waals surface area contributed by atoms with E-state index in [1.807, 2.05) is 4.90 Å². The molecule has 1 amide bonds. The highest BCUT2D eigenvalue weighted by atomic mass is 16.3. The topological polar surface area (TPSA) is 66.6 Å². The van der Waals surface area contributed by atoms with E-state index < -0.39 is 0 Å². The van der Waals surface area contributed by atoms with E-state index in [0.717, 1.165) is 38.6 Å². The summed E-state index contributed by atoms with van der Waals surface area (Å²) in [6.45, 7) is 1.95. The number of aliphatic hydroxyl groups excluding tert-OH is 1. The number of nitrogens with zero attached hydrogens (tertiary/aromatic N) is 1. The van der Waals surface area contributed by atoms with Gasteiger partial charge in [0.25, 0.3) is 0 Å². The van der Waals surface area contributed by atoms with Gasteiger partial charge in [0, 0.05) is 19.0 Å². The van der Waals surface area contributed by atoms with Gasteiger partial charge in [0.1, 0.15) is 0 Å². The second-order valence-corrected chi connectivity index (χ2v) is 5.11. The second kappa shape index (κ2) is 5.15. The van der Waals surface area contributed by atoms with E-state index in [9.17, 15) is 9.90 Å². The molecule has 0 radical (unpaired) electrons. The number of rotatable bonds is 2. The van der Waals surface area contributed by atoms with E-state index in [-0.39, 0.29) is 17.9 Å². The molecule has 1 heterocycles. The maximum atomic E-state index is 12.3. The summed E-state index contributed by atoms with van der Waals surface area (Å²) in [6, 6.07) is 0. The molecule has 3 unspecified atom stereocenters. The van der Waals surface area contributed by atoms with Gasteiger partial charge >= 0.3 is 0 Å². The van der Waals surface area contributed by atoms with Crippen LogP contribution in [0.1, 0.15) is 32.1 Å². The van der Waals surface area contributed by atoms with Crippen LogP contribution in [0.15, 0.2) is 0 Å². The van der Waals surface area contributed by atoms with E-state index in [4.69, 9.17) is 5.73 Å². The van der Waals surface area contributed by atoms with Crippen molar-refractivity contribution in [3.63, 3.8) is 0 Å². The van der Waals surface area contributed by atoms with Gasteiger partial charge in [0.05, 0.1) is 6.10 Å². The van der Waals surface area contributed by atoms with Crippen molar-refractivity contribution in [2.45, 2.75) is 38.2 Å². The number of hydrogen-bond acceptors (Lipinski definition) is 3. The molecule has 3 atom stereocenters. The molecule has 92 valence electrons. The largest absolute Gasteiger partial charge is 0.391 e. The highest BCUT2D eigenvalue weighted by molar-refractivity contribution is 5.79. The van der Waals surface area contributed by atoms with Crippen molar-refractivity contribution in [3.8, 4) is 0 Å². The summed E-state index contributed by atoms with van der Waals surface area (Å²) in [6.07, 6.45) is 4.61. The van der Waals surface area contributed by atoms with Crippen molar-refractivity contribution >= 4 is 5.91 Å². The Kier molecular flexibility index (Phi) is 3.82. The zero-order valence-electron chi connectivity index (χ0n) is 9.77. The van der Waals surface area contributed by atoms with Gasteiger partial charge in [-0.05, 0) is 38.1 Å². The van der Waals surface area contributed by atoms with Gasteiger partial charge in [0.15, 0.2) is 0 Å². The number of nitrogens with two attached hydrogens (primary N) is 1. The van der Waals surface area contributed by atoms with Gasteiger partial charge in [-0.1, -0.05) is 6.42 Å². The molecule has 1 aliphatic heterocycles. The zero-order chi connectivity index (χ0) is 11.5. The first-order chi connectivity index (χ1) is 7.72. The summed E-state index contributed by atoms with van der Waals surface area (Å²) < 4.78 is 0. The first kappa shape index (κ1) is 11.9. The van der Waals surface area contributed by atoms with Crippen molar-refractivity contribution in [1.29, 1.82) is 0 Å². The highest BCUT2D eigenvalue weighted by Gasteiger charge is 2.35. The lowest BCUT2D eigenvalue weighted by Crippen LogP contribution is -2.46. The molecule has 1 saturated carbocycles. The molecular weight excluding hydrogens is 204 g/mol. The summed E-state index contributed by atoms with van der Waals surface area (Å²) in [4.78, 5) is 14.1. The number of piperidine rings is 1. The van der Waals surface area contributed by atoms with Crippen LogP contribution in [0.25, 0.3) is 0 Å². The summed E-state index contributed by atoms with van der Waals surface area (Å²) in [5.41, 5.74) is 5.70. The molecule has 0 aromatic carbocycles. The average molecular weight is 226 g/mol. The summed E-state index contributed by atoms with van der Waals surface area (Å²) >= 11 is 0. The van der Waals surface area contributed by atoms with Crippen molar-refractivity contribution in [2.75, 3.05) is 19.6 Å². The van der Waals surface area contributed by atoms with Crippen LogP contribution in [0.3, 0.4) is 0 Å². The minimum Gasteiger partial charge on any atom is -0.391 e. The third-order valence-electron chi connectivity index (χ3n) is 3.99. The van der Waals surface area contributed by atoms with Crippen LogP contribution in [-0.2, 0) is 4.79 Å². The quantitative estimate of drug-likeness (QED) is 0.714. The fourth-order valence-corrected chi connectivity index (χ4v) is 3.03. The maximum absolute atomic E-state index is 12.3. The minimum atomic E-state index is -0.324. The number of carbonyl (C=O) groups excluding carboxylic acids is 1. The first-order valence-corrected chi connectivity index (χ1v) is 6.39. The van der Waals surface area contributed by atoms with Crippen LogP contribution in [0, 0.1) is 11.8 Å². The van der Waals surface area contributed by atoms with Crippen LogP contribution < -0.4 is 5.73 Å². The maximum Gasteiger partial charge on any atom is 0.226 e. The second-order valence-electron chi connectivity index (χ2n) is 5.11. The van der Waals surface area contributed by atoms with Gasteiger partial charge in [-0.15, -0.1) is 0 Å². The minimum absolute atomic E-state index is 0.121. The number of hydrogen-bond donors (Lipinski definition) is 2. The molecule has 0 aromatic rings. The number of amides is 1. The normalized spacial score (nSPS) is 35.4. The molecule has 4 heteroatoms. The Labute approximate surface area is 96.8 Å². The van der Waals surface area contributed by atoms with Crippen LogP contribution in [0.4, 0.5) is 0 Å². The number of carbonyl (C=O) groups is 1. The molecule has 4 nitrogen and oxygen atoms in total. The van der Waals surface area contributed by atoms with Crippen molar-refractivity contribution in [2.24, 2.45) is 17.6 Å². The Bertz CT molecular complexity index is 257. The molecule has 1 aliphatic carbocycles. The molecule has 3 N–H and O–H groups in total. The first-order valence-electron chi connectivity index (χ1n) is 6.39. The standard InChI is InChI=1S/C12H22N2O2/c13-7-9-3-1-5-11(9)12(16)14-6-2-4-10(15)8-14/h9-11,15H,1-8,13H2. The molecule has 16 heavy (non-hydrogen) atoms. The Balaban J connectivity index is 1.95. The fraction of sp³-hybridized carbons (Fsp3) is 0.917. The third-order valence-corrected chi connectivity index (χ3v) is 3.99. The zero-order valence-corrected chi connectivity index (χ0v) is 9.77. The third kappa shape index (κ3) is 2.38. The Morgan fingerprint density at radius 2 is 2.12 bits per heavy atom. The smallest absolute Gasteiger partial charge is 0.226 e. The van der Waals surface area contributed by atoms with Crippen LogP contribution in [0.2, 0.25) is 0 Å². The van der Waals surface area contributed by atoms with Gasteiger partial charge in [-0.2, -0.15) is 0 Å². The predicted octanol–water partition coefficient (Wildman–Crippen LogP) is 0.345. The Morgan fingerprint density at radius 1 is 1.31 bits per heavy atom. The molecule has 0 bridgehead atoms. The molecular formula is C12H22N2O2. The lowest BCUT2D eigenvalue weighted by Gasteiger charge is -2.33. The SMILES string of the molecule is NCC1CCCC1C(=O)N1CCCC(O)C1. The summed E-state index contributed by atoms with van der Waals surface area (Å²) in [5, 5.41) is 9.58. The number of β-amino-alcohol motifs (C(OH)–C–C–N with tert-alkyl or cyclic N) is 1.